The first-order chi connectivity index (χ1) is 6.93. The van der Waals surface area contributed by atoms with Gasteiger partial charge in [0.15, 0.2) is 11.9 Å². The van der Waals surface area contributed by atoms with E-state index in [0.29, 0.717) is 0 Å². The van der Waals surface area contributed by atoms with Crippen LogP contribution < -0.4 is 10.1 Å². The van der Waals surface area contributed by atoms with Crippen LogP contribution in [0.5, 0.6) is 5.75 Å². The van der Waals surface area contributed by atoms with E-state index in [9.17, 15) is 0 Å². The van der Waals surface area contributed by atoms with Gasteiger partial charge in [0.05, 0.1) is 23.4 Å². The van der Waals surface area contributed by atoms with Gasteiger partial charge >= 0.3 is 0 Å². The average molecular weight is 224 g/mol. The first-order valence-electron chi connectivity index (χ1n) is 4.28. The number of hydrogen-bond donors (Lipinski definition) is 1. The van der Waals surface area contributed by atoms with Gasteiger partial charge in [0.25, 0.3) is 0 Å². The molecule has 3 nitrogen and oxygen atoms in total. The predicted molar refractivity (Wildman–Crippen MR) is 58.3 cm³/mol. The van der Waals surface area contributed by atoms with Crippen LogP contribution in [0.15, 0.2) is 21.7 Å². The number of anilines is 1. The van der Waals surface area contributed by atoms with E-state index < -0.39 is 0 Å². The van der Waals surface area contributed by atoms with Crippen LogP contribution in [0.1, 0.15) is 11.8 Å². The fourth-order valence-electron chi connectivity index (χ4n) is 1.45. The van der Waals surface area contributed by atoms with Crippen molar-refractivity contribution < 1.29 is 4.74 Å². The highest BCUT2D eigenvalue weighted by molar-refractivity contribution is 7.08. The van der Waals surface area contributed by atoms with Crippen LogP contribution in [0.25, 0.3) is 0 Å². The summed E-state index contributed by atoms with van der Waals surface area (Å²) in [4.78, 5) is 4.25. The van der Waals surface area contributed by atoms with Gasteiger partial charge in [-0.25, -0.2) is 4.98 Å². The zero-order chi connectivity index (χ0) is 9.38. The Balaban J connectivity index is 1.88. The minimum atomic E-state index is 0.0587. The molecule has 1 N–H and O–H groups in total. The van der Waals surface area contributed by atoms with Crippen LogP contribution in [0.2, 0.25) is 0 Å². The number of nitrogens with zero attached hydrogens (tertiary/aromatic N) is 1. The van der Waals surface area contributed by atoms with E-state index in [-0.39, 0.29) is 6.10 Å². The number of thiophene rings is 1. The van der Waals surface area contributed by atoms with Gasteiger partial charge in [0.2, 0.25) is 0 Å². The van der Waals surface area contributed by atoms with Crippen molar-refractivity contribution in [1.82, 2.24) is 4.98 Å². The van der Waals surface area contributed by atoms with Crippen LogP contribution in [0, 0.1) is 0 Å². The fraction of sp³-hybridized carbons (Fsp3) is 0.222. The number of nitrogens with one attached hydrogen (secondary N) is 1. The number of hydrogen-bond acceptors (Lipinski definition) is 5. The van der Waals surface area contributed by atoms with Gasteiger partial charge in [-0.15, -0.1) is 22.7 Å². The average Bonchev–Trinajstić information content (AvgIpc) is 2.88. The molecule has 1 aliphatic rings. The van der Waals surface area contributed by atoms with E-state index >= 15 is 0 Å². The van der Waals surface area contributed by atoms with E-state index in [1.165, 1.54) is 0 Å². The monoisotopic (exact) mass is 224 g/mol. The summed E-state index contributed by atoms with van der Waals surface area (Å²) < 4.78 is 5.81. The van der Waals surface area contributed by atoms with Crippen LogP contribution in [-0.2, 0) is 0 Å². The zero-order valence-corrected chi connectivity index (χ0v) is 8.90. The Hall–Kier alpha value is -1.07. The van der Waals surface area contributed by atoms with Crippen molar-refractivity contribution in [3.63, 3.8) is 0 Å². The number of ether oxygens (including phenoxy) is 1. The maximum absolute atomic E-state index is 5.81. The molecule has 0 saturated carbocycles. The van der Waals surface area contributed by atoms with Crippen LogP contribution in [0.3, 0.4) is 0 Å². The van der Waals surface area contributed by atoms with Crippen molar-refractivity contribution in [3.05, 3.63) is 27.3 Å². The van der Waals surface area contributed by atoms with Gasteiger partial charge in [-0.05, 0) is 0 Å². The Morgan fingerprint density at radius 3 is 3.21 bits per heavy atom. The maximum Gasteiger partial charge on any atom is 0.159 e. The Bertz CT molecular complexity index is 424. The maximum atomic E-state index is 5.81. The highest BCUT2D eigenvalue weighted by Gasteiger charge is 2.22. The van der Waals surface area contributed by atoms with E-state index in [1.54, 1.807) is 22.7 Å². The molecular formula is C9H8N2OS2. The molecule has 14 heavy (non-hydrogen) atoms. The zero-order valence-electron chi connectivity index (χ0n) is 7.27. The lowest BCUT2D eigenvalue weighted by Crippen LogP contribution is -2.22. The lowest BCUT2D eigenvalue weighted by atomic mass is 10.2. The molecule has 1 aliphatic heterocycles. The Morgan fingerprint density at radius 2 is 2.36 bits per heavy atom. The van der Waals surface area contributed by atoms with E-state index in [4.69, 9.17) is 4.74 Å². The summed E-state index contributed by atoms with van der Waals surface area (Å²) in [6, 6.07) is 0. The molecule has 2 aromatic heterocycles. The number of aromatic nitrogens is 1. The van der Waals surface area contributed by atoms with Crippen LogP contribution >= 0.6 is 22.7 Å². The number of rotatable bonds is 1. The lowest BCUT2D eigenvalue weighted by molar-refractivity contribution is 0.207. The summed E-state index contributed by atoms with van der Waals surface area (Å²) in [6.45, 7) is 0.799. The molecule has 3 rings (SSSR count). The van der Waals surface area contributed by atoms with Gasteiger partial charge in [0, 0.05) is 16.1 Å². The van der Waals surface area contributed by atoms with Gasteiger partial charge in [-0.3, -0.25) is 0 Å². The standard InChI is InChI=1S/C9H8N2OS2/c1-8(6-3-14-5-11-6)12-9-4-13-2-7(9)10-1/h2-5,8,10H,1H2. The van der Waals surface area contributed by atoms with Crippen LogP contribution in [0.4, 0.5) is 5.69 Å². The molecule has 0 spiro atoms. The molecule has 1 atom stereocenters. The Morgan fingerprint density at radius 1 is 1.36 bits per heavy atom. The topological polar surface area (TPSA) is 34.2 Å². The SMILES string of the molecule is c1nc(C2CNc3cscc3O2)cs1. The highest BCUT2D eigenvalue weighted by Crippen LogP contribution is 2.36. The van der Waals surface area contributed by atoms with Crippen molar-refractivity contribution in [1.29, 1.82) is 0 Å². The molecule has 72 valence electrons. The molecule has 0 bridgehead atoms. The fourth-order valence-corrected chi connectivity index (χ4v) is 2.75. The molecule has 0 aliphatic carbocycles. The molecule has 0 saturated heterocycles. The molecule has 5 heteroatoms. The second-order valence-electron chi connectivity index (χ2n) is 3.05. The van der Waals surface area contributed by atoms with Gasteiger partial charge in [-0.2, -0.15) is 0 Å². The summed E-state index contributed by atoms with van der Waals surface area (Å²) in [6.07, 6.45) is 0.0587. The molecule has 0 aromatic carbocycles. The molecule has 0 radical (unpaired) electrons. The first-order valence-corrected chi connectivity index (χ1v) is 6.17. The normalized spacial score (nSPS) is 19.6. The van der Waals surface area contributed by atoms with Crippen molar-refractivity contribution >= 4 is 28.4 Å². The predicted octanol–water partition coefficient (Wildman–Crippen LogP) is 2.75. The van der Waals surface area contributed by atoms with Crippen molar-refractivity contribution in [2.75, 3.05) is 11.9 Å². The molecule has 1 unspecified atom stereocenters. The summed E-state index contributed by atoms with van der Waals surface area (Å²) in [5.74, 6) is 0.944. The van der Waals surface area contributed by atoms with Gasteiger partial charge in [-0.1, -0.05) is 0 Å². The molecule has 0 amide bonds. The molecule has 3 heterocycles. The largest absolute Gasteiger partial charge is 0.479 e. The van der Waals surface area contributed by atoms with Crippen molar-refractivity contribution in [2.45, 2.75) is 6.10 Å². The number of fused-ring (bicyclic) bond motifs is 1. The third-order valence-corrected chi connectivity index (χ3v) is 3.48. The van der Waals surface area contributed by atoms with Crippen molar-refractivity contribution in [3.8, 4) is 5.75 Å². The Labute approximate surface area is 89.4 Å². The quantitative estimate of drug-likeness (QED) is 0.808. The van der Waals surface area contributed by atoms with E-state index in [2.05, 4.69) is 15.7 Å². The molecule has 0 fully saturated rings. The summed E-state index contributed by atoms with van der Waals surface area (Å²) in [5, 5.41) is 9.44. The minimum Gasteiger partial charge on any atom is -0.479 e. The van der Waals surface area contributed by atoms with Crippen molar-refractivity contribution in [2.24, 2.45) is 0 Å². The summed E-state index contributed by atoms with van der Waals surface area (Å²) in [5.41, 5.74) is 3.95. The summed E-state index contributed by atoms with van der Waals surface area (Å²) >= 11 is 3.25. The Kier molecular flexibility index (Phi) is 1.92. The van der Waals surface area contributed by atoms with E-state index in [1.807, 2.05) is 16.3 Å². The van der Waals surface area contributed by atoms with Gasteiger partial charge in [0.1, 0.15) is 0 Å². The minimum absolute atomic E-state index is 0.0587. The number of thiazole rings is 1. The first kappa shape index (κ1) is 8.26. The molecular weight excluding hydrogens is 216 g/mol. The summed E-state index contributed by atoms with van der Waals surface area (Å²) in [7, 11) is 0. The second-order valence-corrected chi connectivity index (χ2v) is 4.51. The third kappa shape index (κ3) is 1.29. The highest BCUT2D eigenvalue weighted by atomic mass is 32.1. The lowest BCUT2D eigenvalue weighted by Gasteiger charge is -2.23. The van der Waals surface area contributed by atoms with E-state index in [0.717, 1.165) is 23.7 Å². The third-order valence-electron chi connectivity index (χ3n) is 2.15. The second kappa shape index (κ2) is 3.25. The molecule has 2 aromatic rings. The van der Waals surface area contributed by atoms with Crippen LogP contribution in [-0.4, -0.2) is 11.5 Å². The van der Waals surface area contributed by atoms with Gasteiger partial charge < -0.3 is 10.1 Å². The smallest absolute Gasteiger partial charge is 0.159 e.